The second-order valence-corrected chi connectivity index (χ2v) is 7.17. The Morgan fingerprint density at radius 2 is 1.83 bits per heavy atom. The van der Waals surface area contributed by atoms with Crippen LogP contribution in [0.5, 0.6) is 0 Å². The van der Waals surface area contributed by atoms with Gasteiger partial charge in [0.2, 0.25) is 5.91 Å². The molecule has 8 nitrogen and oxygen atoms in total. The molecule has 0 radical (unpaired) electrons. The first kappa shape index (κ1) is 20.4. The third kappa shape index (κ3) is 3.46. The van der Waals surface area contributed by atoms with Gasteiger partial charge in [0.15, 0.2) is 11.6 Å². The molecule has 29 heavy (non-hydrogen) atoms. The smallest absolute Gasteiger partial charge is 0.312 e. The fourth-order valence-electron chi connectivity index (χ4n) is 3.67. The highest BCUT2D eigenvalue weighted by molar-refractivity contribution is 5.99. The molecule has 0 unspecified atom stereocenters. The molecule has 2 aromatic rings. The van der Waals surface area contributed by atoms with E-state index in [4.69, 9.17) is 0 Å². The predicted octanol–water partition coefficient (Wildman–Crippen LogP) is 1.24. The number of hydrogen-bond acceptors (Lipinski definition) is 5. The molecular formula is C21H23N3O5. The molecule has 1 aromatic carbocycles. The summed E-state index contributed by atoms with van der Waals surface area (Å²) < 4.78 is 1.99. The number of hydrogen-bond donors (Lipinski definition) is 0. The summed E-state index contributed by atoms with van der Waals surface area (Å²) in [4.78, 5) is 63.5. The summed E-state index contributed by atoms with van der Waals surface area (Å²) >= 11 is 0. The molecular weight excluding hydrogens is 374 g/mol. The molecule has 1 aliphatic heterocycles. The van der Waals surface area contributed by atoms with Gasteiger partial charge in [0.1, 0.15) is 5.56 Å². The average Bonchev–Trinajstić information content (AvgIpc) is 3.12. The summed E-state index contributed by atoms with van der Waals surface area (Å²) in [6, 6.07) is 5.02. The minimum atomic E-state index is -0.757. The molecule has 0 saturated carbocycles. The molecule has 1 aliphatic rings. The normalized spacial score (nSPS) is 12.8. The van der Waals surface area contributed by atoms with E-state index in [9.17, 15) is 24.0 Å². The van der Waals surface area contributed by atoms with Crippen LogP contribution in [0.1, 0.15) is 52.2 Å². The van der Waals surface area contributed by atoms with Crippen molar-refractivity contribution in [3.63, 3.8) is 0 Å². The van der Waals surface area contributed by atoms with Gasteiger partial charge in [-0.25, -0.2) is 4.79 Å². The van der Waals surface area contributed by atoms with E-state index in [1.807, 2.05) is 0 Å². The Balaban J connectivity index is 1.97. The molecule has 1 aromatic heterocycles. The van der Waals surface area contributed by atoms with Crippen molar-refractivity contribution in [3.05, 3.63) is 61.4 Å². The van der Waals surface area contributed by atoms with Crippen LogP contribution in [0.3, 0.4) is 0 Å². The molecule has 0 N–H and O–H groups in total. The van der Waals surface area contributed by atoms with Gasteiger partial charge in [0, 0.05) is 37.0 Å². The highest BCUT2D eigenvalue weighted by Crippen LogP contribution is 2.29. The van der Waals surface area contributed by atoms with E-state index in [0.29, 0.717) is 24.9 Å². The number of carbonyl (C=O) groups is 3. The SMILES string of the molecule is CCC(=O)N1CCc2cc(C(=O)Cn3c(=O)c(C(C)=O)c(C)n(C)c3=O)ccc21. The van der Waals surface area contributed by atoms with Gasteiger partial charge in [-0.15, -0.1) is 0 Å². The third-order valence-corrected chi connectivity index (χ3v) is 5.40. The standard InChI is InChI=1S/C21H23N3O5/c1-5-18(27)23-9-8-14-10-15(6-7-16(14)23)17(26)11-24-20(28)19(13(3)25)12(2)22(4)21(24)29/h6-7,10H,5,8-9,11H2,1-4H3. The summed E-state index contributed by atoms with van der Waals surface area (Å²) in [7, 11) is 1.46. The second-order valence-electron chi connectivity index (χ2n) is 7.17. The van der Waals surface area contributed by atoms with Crippen LogP contribution in [0, 0.1) is 6.92 Å². The van der Waals surface area contributed by atoms with Gasteiger partial charge >= 0.3 is 5.69 Å². The number of fused-ring (bicyclic) bond motifs is 1. The van der Waals surface area contributed by atoms with Gasteiger partial charge in [-0.05, 0) is 44.0 Å². The van der Waals surface area contributed by atoms with Crippen LogP contribution < -0.4 is 16.1 Å². The van der Waals surface area contributed by atoms with E-state index >= 15 is 0 Å². The number of Topliss-reactive ketones (excluding diaryl/α,β-unsaturated/α-hetero) is 2. The van der Waals surface area contributed by atoms with Crippen LogP contribution in [0.15, 0.2) is 27.8 Å². The molecule has 0 bridgehead atoms. The maximum atomic E-state index is 12.8. The lowest BCUT2D eigenvalue weighted by atomic mass is 10.0. The van der Waals surface area contributed by atoms with Gasteiger partial charge < -0.3 is 9.47 Å². The van der Waals surface area contributed by atoms with Crippen LogP contribution in [0.2, 0.25) is 0 Å². The monoisotopic (exact) mass is 397 g/mol. The number of carbonyl (C=O) groups excluding carboxylic acids is 3. The average molecular weight is 397 g/mol. The Labute approximate surface area is 167 Å². The van der Waals surface area contributed by atoms with Gasteiger partial charge in [0.05, 0.1) is 6.54 Å². The Kier molecular flexibility index (Phi) is 5.37. The molecule has 0 fully saturated rings. The van der Waals surface area contributed by atoms with Crippen molar-refractivity contribution in [1.29, 1.82) is 0 Å². The van der Waals surface area contributed by atoms with E-state index in [1.165, 1.54) is 25.5 Å². The van der Waals surface area contributed by atoms with Crippen molar-refractivity contribution >= 4 is 23.2 Å². The van der Waals surface area contributed by atoms with Gasteiger partial charge in [-0.1, -0.05) is 6.92 Å². The van der Waals surface area contributed by atoms with Gasteiger partial charge in [-0.2, -0.15) is 0 Å². The van der Waals surface area contributed by atoms with Crippen molar-refractivity contribution in [2.45, 2.75) is 40.2 Å². The molecule has 0 saturated heterocycles. The molecule has 3 rings (SSSR count). The Morgan fingerprint density at radius 3 is 2.45 bits per heavy atom. The fraction of sp³-hybridized carbons (Fsp3) is 0.381. The molecule has 2 heterocycles. The highest BCUT2D eigenvalue weighted by Gasteiger charge is 2.25. The molecule has 0 spiro atoms. The maximum Gasteiger partial charge on any atom is 0.331 e. The first-order valence-electron chi connectivity index (χ1n) is 9.45. The van der Waals surface area contributed by atoms with Crippen LogP contribution >= 0.6 is 0 Å². The fourth-order valence-corrected chi connectivity index (χ4v) is 3.67. The summed E-state index contributed by atoms with van der Waals surface area (Å²) in [6.07, 6.45) is 1.04. The zero-order valence-electron chi connectivity index (χ0n) is 16.9. The molecule has 8 heteroatoms. The first-order chi connectivity index (χ1) is 13.7. The zero-order valence-corrected chi connectivity index (χ0v) is 16.9. The van der Waals surface area contributed by atoms with E-state index < -0.39 is 29.4 Å². The van der Waals surface area contributed by atoms with Crippen LogP contribution in [-0.2, 0) is 24.8 Å². The van der Waals surface area contributed by atoms with E-state index in [0.717, 1.165) is 15.8 Å². The Hall–Kier alpha value is -3.29. The number of anilines is 1. The lowest BCUT2D eigenvalue weighted by Crippen LogP contribution is -2.44. The van der Waals surface area contributed by atoms with Crippen molar-refractivity contribution in [3.8, 4) is 0 Å². The second kappa shape index (κ2) is 7.62. The Morgan fingerprint density at radius 1 is 1.14 bits per heavy atom. The van der Waals surface area contributed by atoms with Crippen LogP contribution in [0.4, 0.5) is 5.69 Å². The molecule has 152 valence electrons. The number of benzene rings is 1. The number of rotatable bonds is 5. The summed E-state index contributed by atoms with van der Waals surface area (Å²) in [6.45, 7) is 4.69. The van der Waals surface area contributed by atoms with Crippen molar-refractivity contribution in [1.82, 2.24) is 9.13 Å². The predicted molar refractivity (Wildman–Crippen MR) is 108 cm³/mol. The van der Waals surface area contributed by atoms with E-state index in [1.54, 1.807) is 30.0 Å². The molecule has 0 aliphatic carbocycles. The van der Waals surface area contributed by atoms with Crippen LogP contribution in [0.25, 0.3) is 0 Å². The number of aromatic nitrogens is 2. The minimum absolute atomic E-state index is 0.0225. The van der Waals surface area contributed by atoms with Crippen molar-refractivity contribution in [2.75, 3.05) is 11.4 Å². The highest BCUT2D eigenvalue weighted by atomic mass is 16.2. The van der Waals surface area contributed by atoms with Crippen molar-refractivity contribution < 1.29 is 14.4 Å². The first-order valence-corrected chi connectivity index (χ1v) is 9.45. The third-order valence-electron chi connectivity index (χ3n) is 5.40. The topological polar surface area (TPSA) is 98.4 Å². The lowest BCUT2D eigenvalue weighted by Gasteiger charge is -2.16. The lowest BCUT2D eigenvalue weighted by molar-refractivity contribution is -0.118. The summed E-state index contributed by atoms with van der Waals surface area (Å²) in [5.41, 5.74) is 0.798. The number of nitrogens with zero attached hydrogens (tertiary/aromatic N) is 3. The molecule has 1 amide bonds. The largest absolute Gasteiger partial charge is 0.331 e. The molecule has 0 atom stereocenters. The quantitative estimate of drug-likeness (QED) is 0.707. The minimum Gasteiger partial charge on any atom is -0.312 e. The van der Waals surface area contributed by atoms with Crippen molar-refractivity contribution in [2.24, 2.45) is 7.05 Å². The summed E-state index contributed by atoms with van der Waals surface area (Å²) in [5, 5.41) is 0. The zero-order chi connectivity index (χ0) is 21.5. The number of ketones is 2. The number of amides is 1. The van der Waals surface area contributed by atoms with Crippen LogP contribution in [-0.4, -0.2) is 33.2 Å². The Bertz CT molecular complexity index is 1160. The van der Waals surface area contributed by atoms with E-state index in [-0.39, 0.29) is 17.2 Å². The maximum absolute atomic E-state index is 12.8. The van der Waals surface area contributed by atoms with Gasteiger partial charge in [0.25, 0.3) is 5.56 Å². The summed E-state index contributed by atoms with van der Waals surface area (Å²) in [5.74, 6) is -0.845. The van der Waals surface area contributed by atoms with Gasteiger partial charge in [-0.3, -0.25) is 23.7 Å². The van der Waals surface area contributed by atoms with E-state index in [2.05, 4.69) is 0 Å².